The van der Waals surface area contributed by atoms with Gasteiger partial charge in [0.25, 0.3) is 5.91 Å². The average molecular weight is 468 g/mol. The van der Waals surface area contributed by atoms with Gasteiger partial charge in [-0.3, -0.25) is 9.69 Å². The van der Waals surface area contributed by atoms with E-state index in [1.807, 2.05) is 36.5 Å². The first kappa shape index (κ1) is 22.8. The minimum Gasteiger partial charge on any atom is -0.361 e. The Morgan fingerprint density at radius 1 is 1.00 bits per heavy atom. The van der Waals surface area contributed by atoms with Crippen molar-refractivity contribution in [1.29, 1.82) is 0 Å². The molecule has 0 bridgehead atoms. The summed E-state index contributed by atoms with van der Waals surface area (Å²) < 4.78 is 0. The van der Waals surface area contributed by atoms with Crippen LogP contribution in [0.4, 0.5) is 5.82 Å². The number of carbonyl (C=O) groups is 2. The van der Waals surface area contributed by atoms with E-state index in [4.69, 9.17) is 0 Å². The molecular weight excluding hydrogens is 438 g/mol. The van der Waals surface area contributed by atoms with Gasteiger partial charge in [-0.2, -0.15) is 0 Å². The molecule has 7 nitrogen and oxygen atoms in total. The highest BCUT2D eigenvalue weighted by atomic mass is 16.2. The molecule has 5 rings (SSSR count). The fourth-order valence-corrected chi connectivity index (χ4v) is 4.70. The van der Waals surface area contributed by atoms with Crippen molar-refractivity contribution in [2.45, 2.75) is 19.0 Å². The fraction of sp³-hybridized carbons (Fsp3) is 0.250. The number of para-hydroxylation sites is 1. The number of nitrogens with zero attached hydrogens (tertiary/aromatic N) is 3. The molecule has 2 aromatic carbocycles. The van der Waals surface area contributed by atoms with Crippen LogP contribution in [-0.2, 0) is 17.8 Å². The number of rotatable bonds is 8. The molecule has 2 N–H and O–H groups in total. The summed E-state index contributed by atoms with van der Waals surface area (Å²) in [5.41, 5.74) is 3.81. The molecule has 1 atom stereocenters. The maximum Gasteiger partial charge on any atom is 0.255 e. The second kappa shape index (κ2) is 10.5. The highest BCUT2D eigenvalue weighted by Crippen LogP contribution is 2.21. The molecule has 35 heavy (non-hydrogen) atoms. The van der Waals surface area contributed by atoms with Crippen LogP contribution in [0.3, 0.4) is 0 Å². The summed E-state index contributed by atoms with van der Waals surface area (Å²) in [6.07, 6.45) is 4.84. The number of amides is 1. The van der Waals surface area contributed by atoms with Crippen LogP contribution in [0.5, 0.6) is 0 Å². The van der Waals surface area contributed by atoms with Crippen molar-refractivity contribution in [3.8, 4) is 0 Å². The predicted octanol–water partition coefficient (Wildman–Crippen LogP) is 3.43. The summed E-state index contributed by atoms with van der Waals surface area (Å²) in [5, 5.41) is 3.97. The Hall–Kier alpha value is -3.97. The number of aromatic nitrogens is 2. The van der Waals surface area contributed by atoms with E-state index < -0.39 is 6.04 Å². The Bertz CT molecular complexity index is 1290. The Morgan fingerprint density at radius 3 is 2.57 bits per heavy atom. The van der Waals surface area contributed by atoms with Gasteiger partial charge < -0.3 is 20.0 Å². The number of hydrogen-bond donors (Lipinski definition) is 2. The van der Waals surface area contributed by atoms with E-state index in [0.29, 0.717) is 17.8 Å². The molecule has 1 aliphatic heterocycles. The zero-order valence-electron chi connectivity index (χ0n) is 19.6. The molecule has 1 unspecified atom stereocenters. The molecule has 1 saturated heterocycles. The Kier molecular flexibility index (Phi) is 6.86. The smallest absolute Gasteiger partial charge is 0.255 e. The monoisotopic (exact) mass is 467 g/mol. The number of aldehydes is 1. The summed E-state index contributed by atoms with van der Waals surface area (Å²) in [6.45, 7) is 4.28. The van der Waals surface area contributed by atoms with Gasteiger partial charge in [0.1, 0.15) is 12.1 Å². The van der Waals surface area contributed by atoms with E-state index in [-0.39, 0.29) is 5.91 Å². The molecule has 1 aliphatic rings. The molecule has 0 spiro atoms. The lowest BCUT2D eigenvalue weighted by Crippen LogP contribution is -2.47. The number of fused-ring (bicyclic) bond motifs is 1. The van der Waals surface area contributed by atoms with Gasteiger partial charge in [-0.1, -0.05) is 48.5 Å². The van der Waals surface area contributed by atoms with Crippen LogP contribution in [0.15, 0.2) is 79.1 Å². The first-order chi connectivity index (χ1) is 17.2. The second-order valence-corrected chi connectivity index (χ2v) is 8.90. The number of H-pyrrole nitrogens is 1. The van der Waals surface area contributed by atoms with E-state index >= 15 is 0 Å². The number of benzene rings is 2. The topological polar surface area (TPSA) is 81.3 Å². The second-order valence-electron chi connectivity index (χ2n) is 8.90. The molecule has 0 aliphatic carbocycles. The van der Waals surface area contributed by atoms with Crippen LogP contribution in [0.1, 0.15) is 21.5 Å². The van der Waals surface area contributed by atoms with Crippen LogP contribution in [0.2, 0.25) is 0 Å². The molecule has 178 valence electrons. The number of pyridine rings is 1. The first-order valence-corrected chi connectivity index (χ1v) is 12.0. The van der Waals surface area contributed by atoms with Gasteiger partial charge in [0.15, 0.2) is 0 Å². The van der Waals surface area contributed by atoms with Crippen molar-refractivity contribution in [3.05, 3.63) is 95.8 Å². The number of hydrogen-bond acceptors (Lipinski definition) is 5. The predicted molar refractivity (Wildman–Crippen MR) is 137 cm³/mol. The van der Waals surface area contributed by atoms with Crippen LogP contribution in [0, 0.1) is 0 Å². The minimum atomic E-state index is -0.627. The Labute approximate surface area is 204 Å². The molecule has 2 aromatic heterocycles. The Balaban J connectivity index is 1.24. The van der Waals surface area contributed by atoms with Gasteiger partial charge in [-0.25, -0.2) is 4.98 Å². The van der Waals surface area contributed by atoms with Gasteiger partial charge in [-0.05, 0) is 29.3 Å². The van der Waals surface area contributed by atoms with Gasteiger partial charge in [0, 0.05) is 62.4 Å². The summed E-state index contributed by atoms with van der Waals surface area (Å²) in [6, 6.07) is 21.3. The summed E-state index contributed by atoms with van der Waals surface area (Å²) in [7, 11) is 0. The van der Waals surface area contributed by atoms with Crippen LogP contribution >= 0.6 is 0 Å². The summed E-state index contributed by atoms with van der Waals surface area (Å²) in [4.78, 5) is 37.4. The molecular formula is C28H29N5O2. The van der Waals surface area contributed by atoms with Gasteiger partial charge >= 0.3 is 0 Å². The van der Waals surface area contributed by atoms with E-state index in [1.165, 1.54) is 5.56 Å². The van der Waals surface area contributed by atoms with Crippen molar-refractivity contribution in [2.75, 3.05) is 31.1 Å². The van der Waals surface area contributed by atoms with Gasteiger partial charge in [-0.15, -0.1) is 0 Å². The highest BCUT2D eigenvalue weighted by molar-refractivity contribution is 6.00. The number of nitrogens with one attached hydrogen (secondary N) is 2. The quantitative estimate of drug-likeness (QED) is 0.388. The van der Waals surface area contributed by atoms with Crippen LogP contribution < -0.4 is 10.2 Å². The zero-order chi connectivity index (χ0) is 24.0. The lowest BCUT2D eigenvalue weighted by atomic mass is 10.1. The van der Waals surface area contributed by atoms with Crippen molar-refractivity contribution in [2.24, 2.45) is 0 Å². The third-order valence-corrected chi connectivity index (χ3v) is 6.55. The van der Waals surface area contributed by atoms with Crippen molar-refractivity contribution in [1.82, 2.24) is 20.2 Å². The molecule has 0 radical (unpaired) electrons. The first-order valence-electron chi connectivity index (χ1n) is 12.0. The van der Waals surface area contributed by atoms with E-state index in [1.54, 1.807) is 18.3 Å². The van der Waals surface area contributed by atoms with Crippen molar-refractivity contribution < 1.29 is 9.59 Å². The lowest BCUT2D eigenvalue weighted by molar-refractivity contribution is -0.109. The zero-order valence-corrected chi connectivity index (χ0v) is 19.6. The van der Waals surface area contributed by atoms with Crippen LogP contribution in [0.25, 0.3) is 10.9 Å². The van der Waals surface area contributed by atoms with E-state index in [0.717, 1.165) is 55.5 Å². The third-order valence-electron chi connectivity index (χ3n) is 6.55. The minimum absolute atomic E-state index is 0.281. The van der Waals surface area contributed by atoms with Gasteiger partial charge in [0.05, 0.1) is 11.6 Å². The lowest BCUT2D eigenvalue weighted by Gasteiger charge is -2.36. The molecule has 1 amide bonds. The maximum atomic E-state index is 13.2. The molecule has 0 saturated carbocycles. The number of piperazine rings is 1. The number of anilines is 1. The molecule has 7 heteroatoms. The van der Waals surface area contributed by atoms with E-state index in [9.17, 15) is 9.59 Å². The number of aromatic amines is 1. The largest absolute Gasteiger partial charge is 0.361 e. The molecule has 1 fully saturated rings. The maximum absolute atomic E-state index is 13.2. The van der Waals surface area contributed by atoms with Crippen molar-refractivity contribution in [3.63, 3.8) is 0 Å². The molecule has 3 heterocycles. The normalized spacial score (nSPS) is 15.1. The number of carbonyl (C=O) groups excluding carboxylic acids is 2. The highest BCUT2D eigenvalue weighted by Gasteiger charge is 2.24. The van der Waals surface area contributed by atoms with E-state index in [2.05, 4.69) is 49.4 Å². The molecule has 4 aromatic rings. The van der Waals surface area contributed by atoms with Gasteiger partial charge in [0.2, 0.25) is 0 Å². The summed E-state index contributed by atoms with van der Waals surface area (Å²) in [5.74, 6) is 0.387. The SMILES string of the molecule is O=CC(Cc1c[nH]c2ccccc12)NC(=O)c1cccnc1N1CCN(Cc2ccccc2)CC1. The Morgan fingerprint density at radius 2 is 1.77 bits per heavy atom. The third kappa shape index (κ3) is 5.25. The average Bonchev–Trinajstić information content (AvgIpc) is 3.32. The fourth-order valence-electron chi connectivity index (χ4n) is 4.70. The summed E-state index contributed by atoms with van der Waals surface area (Å²) >= 11 is 0. The van der Waals surface area contributed by atoms with Crippen LogP contribution in [-0.4, -0.2) is 59.3 Å². The van der Waals surface area contributed by atoms with Crippen molar-refractivity contribution >= 4 is 28.9 Å². The standard InChI is InChI=1S/C28H29N5O2/c34-20-23(17-22-18-30-26-11-5-4-9-24(22)26)31-28(35)25-10-6-12-29-27(25)33-15-13-32(14-16-33)19-21-7-2-1-3-8-21/h1-12,18,20,23,30H,13-17,19H2,(H,31,35).